The highest BCUT2D eigenvalue weighted by Crippen LogP contribution is 2.29. The number of methoxy groups -OCH3 is 1. The molecule has 0 saturated heterocycles. The highest BCUT2D eigenvalue weighted by molar-refractivity contribution is 7.89. The van der Waals surface area contributed by atoms with Crippen molar-refractivity contribution in [1.29, 1.82) is 0 Å². The minimum absolute atomic E-state index is 0.0162. The molecular weight excluding hydrogens is 298 g/mol. The van der Waals surface area contributed by atoms with Gasteiger partial charge in [0.05, 0.1) is 16.9 Å². The Morgan fingerprint density at radius 3 is 2.57 bits per heavy atom. The molecule has 1 atom stereocenters. The van der Waals surface area contributed by atoms with Crippen LogP contribution in [0.3, 0.4) is 0 Å². The van der Waals surface area contributed by atoms with Crippen molar-refractivity contribution >= 4 is 15.7 Å². The van der Waals surface area contributed by atoms with E-state index >= 15 is 0 Å². The largest absolute Gasteiger partial charge is 0.490 e. The first kappa shape index (κ1) is 17.3. The summed E-state index contributed by atoms with van der Waals surface area (Å²) < 4.78 is 31.5. The zero-order chi connectivity index (χ0) is 16.0. The van der Waals surface area contributed by atoms with Crippen LogP contribution in [-0.2, 0) is 10.0 Å². The Labute approximate surface area is 123 Å². The highest BCUT2D eigenvalue weighted by Gasteiger charge is 2.22. The van der Waals surface area contributed by atoms with Crippen molar-refractivity contribution < 1.29 is 18.1 Å². The summed E-state index contributed by atoms with van der Waals surface area (Å²) in [6.45, 7) is 2.78. The van der Waals surface area contributed by atoms with Crippen molar-refractivity contribution in [3.8, 4) is 5.75 Å². The molecule has 21 heavy (non-hydrogen) atoms. The second-order valence-electron chi connectivity index (χ2n) is 4.61. The zero-order valence-corrected chi connectivity index (χ0v) is 12.9. The van der Waals surface area contributed by atoms with Gasteiger partial charge in [-0.25, -0.2) is 13.1 Å². The molecule has 0 spiro atoms. The molecule has 0 aromatic heterocycles. The highest BCUT2D eigenvalue weighted by atomic mass is 32.2. The first-order valence-electron chi connectivity index (χ1n) is 6.28. The van der Waals surface area contributed by atoms with Gasteiger partial charge in [-0.2, -0.15) is 0 Å². The number of nitrogens with one attached hydrogen (secondary N) is 2. The second kappa shape index (κ2) is 7.34. The third kappa shape index (κ3) is 4.66. The topological polar surface area (TPSA) is 111 Å². The van der Waals surface area contributed by atoms with Crippen LogP contribution in [0, 0.1) is 16.0 Å². The molecule has 0 aliphatic heterocycles. The summed E-state index contributed by atoms with van der Waals surface area (Å²) in [7, 11) is -0.731. The average Bonchev–Trinajstić information content (AvgIpc) is 2.44. The van der Waals surface area contributed by atoms with Gasteiger partial charge in [0.2, 0.25) is 10.0 Å². The maximum absolute atomic E-state index is 12.1. The maximum atomic E-state index is 12.1. The van der Waals surface area contributed by atoms with Gasteiger partial charge in [0.25, 0.3) is 0 Å². The van der Waals surface area contributed by atoms with Gasteiger partial charge in [0.15, 0.2) is 5.75 Å². The number of hydrogen-bond acceptors (Lipinski definition) is 6. The van der Waals surface area contributed by atoms with Gasteiger partial charge in [0, 0.05) is 12.6 Å². The van der Waals surface area contributed by atoms with Gasteiger partial charge >= 0.3 is 5.69 Å². The van der Waals surface area contributed by atoms with Crippen molar-refractivity contribution in [2.75, 3.05) is 27.2 Å². The third-order valence-corrected chi connectivity index (χ3v) is 4.25. The molecular formula is C12H19N3O5S. The van der Waals surface area contributed by atoms with E-state index in [1.165, 1.54) is 19.2 Å². The number of nitro benzene ring substituents is 1. The number of hydrogen-bond donors (Lipinski definition) is 2. The summed E-state index contributed by atoms with van der Waals surface area (Å²) in [5.41, 5.74) is -0.386. The summed E-state index contributed by atoms with van der Waals surface area (Å²) in [5, 5.41) is 13.9. The minimum Gasteiger partial charge on any atom is -0.490 e. The van der Waals surface area contributed by atoms with E-state index in [4.69, 9.17) is 4.74 Å². The lowest BCUT2D eigenvalue weighted by Crippen LogP contribution is -2.32. The Balaban J connectivity index is 2.98. The molecule has 0 bridgehead atoms. The van der Waals surface area contributed by atoms with Crippen LogP contribution in [0.4, 0.5) is 5.69 Å². The van der Waals surface area contributed by atoms with E-state index in [0.29, 0.717) is 6.54 Å². The molecule has 0 radical (unpaired) electrons. The number of nitrogens with zero attached hydrogens (tertiary/aromatic N) is 1. The standard InChI is InChI=1S/C12H19N3O5S/c1-9(7-13-2)8-14-21(18,19)10-4-5-12(20-3)11(6-10)15(16)17/h4-6,9,13-14H,7-8H2,1-3H3. The molecule has 1 aromatic carbocycles. The molecule has 9 heteroatoms. The van der Waals surface area contributed by atoms with Gasteiger partial charge in [0.1, 0.15) is 0 Å². The summed E-state index contributed by atoms with van der Waals surface area (Å²) >= 11 is 0. The van der Waals surface area contributed by atoms with Crippen LogP contribution >= 0.6 is 0 Å². The lowest BCUT2D eigenvalue weighted by molar-refractivity contribution is -0.386. The van der Waals surface area contributed by atoms with E-state index in [1.54, 1.807) is 7.05 Å². The van der Waals surface area contributed by atoms with Gasteiger partial charge in [-0.05, 0) is 31.6 Å². The zero-order valence-electron chi connectivity index (χ0n) is 12.1. The predicted octanol–water partition coefficient (Wildman–Crippen LogP) is 0.737. The van der Waals surface area contributed by atoms with Crippen LogP contribution in [0.1, 0.15) is 6.92 Å². The Morgan fingerprint density at radius 1 is 1.38 bits per heavy atom. The fourth-order valence-corrected chi connectivity index (χ4v) is 2.92. The van der Waals surface area contributed by atoms with Crippen LogP contribution in [0.15, 0.2) is 23.1 Å². The maximum Gasteiger partial charge on any atom is 0.312 e. The Hall–Kier alpha value is -1.71. The van der Waals surface area contributed by atoms with Gasteiger partial charge in [-0.15, -0.1) is 0 Å². The van der Waals surface area contributed by atoms with Gasteiger partial charge in [-0.3, -0.25) is 10.1 Å². The molecule has 1 aromatic rings. The molecule has 2 N–H and O–H groups in total. The van der Waals surface area contributed by atoms with E-state index in [0.717, 1.165) is 6.07 Å². The molecule has 8 nitrogen and oxygen atoms in total. The lowest BCUT2D eigenvalue weighted by Gasteiger charge is -2.12. The van der Waals surface area contributed by atoms with Crippen molar-refractivity contribution in [1.82, 2.24) is 10.0 Å². The molecule has 118 valence electrons. The Kier molecular flexibility index (Phi) is 6.06. The van der Waals surface area contributed by atoms with Crippen LogP contribution in [0.2, 0.25) is 0 Å². The SMILES string of the molecule is CNCC(C)CNS(=O)(=O)c1ccc(OC)c([N+](=O)[O-])c1. The molecule has 0 heterocycles. The minimum atomic E-state index is -3.79. The summed E-state index contributed by atoms with van der Waals surface area (Å²) in [6.07, 6.45) is 0. The molecule has 0 fully saturated rings. The van der Waals surface area contributed by atoms with E-state index in [1.807, 2.05) is 6.92 Å². The molecule has 0 saturated carbocycles. The third-order valence-electron chi connectivity index (χ3n) is 2.83. The van der Waals surface area contributed by atoms with Crippen molar-refractivity contribution in [3.05, 3.63) is 28.3 Å². The van der Waals surface area contributed by atoms with Gasteiger partial charge in [-0.1, -0.05) is 6.92 Å². The molecule has 1 unspecified atom stereocenters. The first-order valence-corrected chi connectivity index (χ1v) is 7.76. The van der Waals surface area contributed by atoms with E-state index in [-0.39, 0.29) is 28.8 Å². The summed E-state index contributed by atoms with van der Waals surface area (Å²) in [4.78, 5) is 10.1. The van der Waals surface area contributed by atoms with Gasteiger partial charge < -0.3 is 10.1 Å². The molecule has 0 aliphatic carbocycles. The van der Waals surface area contributed by atoms with Crippen molar-refractivity contribution in [2.45, 2.75) is 11.8 Å². The fraction of sp³-hybridized carbons (Fsp3) is 0.500. The van der Waals surface area contributed by atoms with Crippen LogP contribution in [0.25, 0.3) is 0 Å². The second-order valence-corrected chi connectivity index (χ2v) is 6.37. The number of rotatable bonds is 8. The van der Waals surface area contributed by atoms with Crippen LogP contribution in [-0.4, -0.2) is 40.6 Å². The summed E-state index contributed by atoms with van der Waals surface area (Å²) in [5.74, 6) is 0.112. The van der Waals surface area contributed by atoms with Crippen molar-refractivity contribution in [3.63, 3.8) is 0 Å². The number of benzene rings is 1. The summed E-state index contributed by atoms with van der Waals surface area (Å²) in [6, 6.07) is 3.53. The monoisotopic (exact) mass is 317 g/mol. The molecule has 1 rings (SSSR count). The number of sulfonamides is 1. The quantitative estimate of drug-likeness (QED) is 0.540. The van der Waals surface area contributed by atoms with Crippen LogP contribution < -0.4 is 14.8 Å². The number of nitro groups is 1. The number of ether oxygens (including phenoxy) is 1. The fourth-order valence-electron chi connectivity index (χ4n) is 1.74. The average molecular weight is 317 g/mol. The van der Waals surface area contributed by atoms with E-state index in [9.17, 15) is 18.5 Å². The first-order chi connectivity index (χ1) is 9.81. The van der Waals surface area contributed by atoms with Crippen molar-refractivity contribution in [2.24, 2.45) is 5.92 Å². The normalized spacial score (nSPS) is 12.9. The van der Waals surface area contributed by atoms with E-state index < -0.39 is 14.9 Å². The Bertz CT molecular complexity index is 603. The predicted molar refractivity (Wildman–Crippen MR) is 77.9 cm³/mol. The molecule has 0 amide bonds. The lowest BCUT2D eigenvalue weighted by atomic mass is 10.2. The molecule has 0 aliphatic rings. The smallest absolute Gasteiger partial charge is 0.312 e. The van der Waals surface area contributed by atoms with E-state index in [2.05, 4.69) is 10.0 Å². The Morgan fingerprint density at radius 2 is 2.05 bits per heavy atom. The van der Waals surface area contributed by atoms with Crippen LogP contribution in [0.5, 0.6) is 5.75 Å².